The minimum Gasteiger partial charge on any atom is -0.300 e. The first-order valence-corrected chi connectivity index (χ1v) is 8.10. The number of aromatic nitrogens is 4. The fraction of sp³-hybridized carbons (Fsp3) is 0.333. The molecule has 6 nitrogen and oxygen atoms in total. The van der Waals surface area contributed by atoms with Crippen LogP contribution in [0.25, 0.3) is 10.2 Å². The van der Waals surface area contributed by atoms with Crippen LogP contribution in [0, 0.1) is 0 Å². The van der Waals surface area contributed by atoms with E-state index in [9.17, 15) is 4.79 Å². The van der Waals surface area contributed by atoms with Gasteiger partial charge in [0.2, 0.25) is 5.91 Å². The summed E-state index contributed by atoms with van der Waals surface area (Å²) in [6, 6.07) is 7.80. The molecule has 0 bridgehead atoms. The van der Waals surface area contributed by atoms with Gasteiger partial charge in [0.15, 0.2) is 5.13 Å². The summed E-state index contributed by atoms with van der Waals surface area (Å²) in [6.07, 6.45) is 4.92. The van der Waals surface area contributed by atoms with Crippen LogP contribution in [0.4, 0.5) is 5.13 Å². The molecule has 0 atom stereocenters. The molecule has 1 N–H and O–H groups in total. The zero-order valence-corrected chi connectivity index (χ0v) is 13.1. The van der Waals surface area contributed by atoms with Crippen LogP contribution >= 0.6 is 11.3 Å². The van der Waals surface area contributed by atoms with Crippen LogP contribution < -0.4 is 5.32 Å². The predicted molar refractivity (Wildman–Crippen MR) is 86.9 cm³/mol. The first-order chi connectivity index (χ1) is 10.7. The van der Waals surface area contributed by atoms with E-state index in [4.69, 9.17) is 0 Å². The average molecular weight is 315 g/mol. The number of benzene rings is 1. The lowest BCUT2D eigenvalue weighted by Crippen LogP contribution is -2.19. The number of hydrogen-bond acceptors (Lipinski definition) is 5. The van der Waals surface area contributed by atoms with Crippen molar-refractivity contribution in [3.8, 4) is 0 Å². The quantitative estimate of drug-likeness (QED) is 0.759. The molecule has 0 spiro atoms. The van der Waals surface area contributed by atoms with Crippen molar-refractivity contribution in [2.45, 2.75) is 32.7 Å². The Morgan fingerprint density at radius 2 is 2.23 bits per heavy atom. The third-order valence-electron chi connectivity index (χ3n) is 3.22. The molecule has 0 saturated carbocycles. The number of carbonyl (C=O) groups is 1. The molecule has 2 heterocycles. The monoisotopic (exact) mass is 315 g/mol. The Labute approximate surface area is 132 Å². The maximum Gasteiger partial charge on any atom is 0.247 e. The minimum absolute atomic E-state index is 0.147. The minimum atomic E-state index is -0.147. The molecule has 3 aromatic rings. The van der Waals surface area contributed by atoms with Crippen molar-refractivity contribution in [1.29, 1.82) is 0 Å². The Balaban J connectivity index is 1.61. The van der Waals surface area contributed by atoms with Crippen molar-refractivity contribution in [3.63, 3.8) is 0 Å². The van der Waals surface area contributed by atoms with Crippen molar-refractivity contribution in [2.24, 2.45) is 0 Å². The van der Waals surface area contributed by atoms with Gasteiger partial charge in [0, 0.05) is 6.20 Å². The van der Waals surface area contributed by atoms with Crippen molar-refractivity contribution in [3.05, 3.63) is 36.2 Å². The Morgan fingerprint density at radius 1 is 1.36 bits per heavy atom. The standard InChI is InChI=1S/C15H17N5OS/c1-2-3-6-11-9-20(19-18-11)10-14(21)17-15-16-12-7-4-5-8-13(12)22-15/h4-5,7-9H,2-3,6,10H2,1H3,(H,16,17,21). The van der Waals surface area contributed by atoms with Gasteiger partial charge in [0.05, 0.1) is 15.9 Å². The van der Waals surface area contributed by atoms with E-state index in [1.807, 2.05) is 30.5 Å². The maximum atomic E-state index is 12.0. The number of hydrogen-bond donors (Lipinski definition) is 1. The smallest absolute Gasteiger partial charge is 0.247 e. The van der Waals surface area contributed by atoms with E-state index in [-0.39, 0.29) is 12.5 Å². The number of aryl methyl sites for hydroxylation is 1. The molecule has 3 rings (SSSR count). The number of amides is 1. The summed E-state index contributed by atoms with van der Waals surface area (Å²) in [7, 11) is 0. The highest BCUT2D eigenvalue weighted by Gasteiger charge is 2.09. The van der Waals surface area contributed by atoms with Gasteiger partial charge in [-0.3, -0.25) is 4.79 Å². The number of nitrogens with one attached hydrogen (secondary N) is 1. The van der Waals surface area contributed by atoms with Gasteiger partial charge >= 0.3 is 0 Å². The number of fused-ring (bicyclic) bond motifs is 1. The molecule has 0 aliphatic heterocycles. The molecule has 1 aromatic carbocycles. The summed E-state index contributed by atoms with van der Waals surface area (Å²) in [5, 5.41) is 11.5. The zero-order valence-electron chi connectivity index (χ0n) is 12.3. The predicted octanol–water partition coefficient (Wildman–Crippen LogP) is 2.87. The summed E-state index contributed by atoms with van der Waals surface area (Å²) < 4.78 is 2.62. The van der Waals surface area contributed by atoms with E-state index in [2.05, 4.69) is 27.5 Å². The summed E-state index contributed by atoms with van der Waals surface area (Å²) in [5.74, 6) is -0.147. The van der Waals surface area contributed by atoms with Gasteiger partial charge in [-0.25, -0.2) is 9.67 Å². The van der Waals surface area contributed by atoms with Crippen LogP contribution in [0.1, 0.15) is 25.5 Å². The molecular weight excluding hydrogens is 298 g/mol. The lowest BCUT2D eigenvalue weighted by molar-refractivity contribution is -0.116. The molecule has 2 aromatic heterocycles. The van der Waals surface area contributed by atoms with Gasteiger partial charge in [0.25, 0.3) is 0 Å². The highest BCUT2D eigenvalue weighted by molar-refractivity contribution is 7.22. The topological polar surface area (TPSA) is 72.7 Å². The average Bonchev–Trinajstić information content (AvgIpc) is 3.10. The second-order valence-electron chi connectivity index (χ2n) is 5.05. The molecule has 114 valence electrons. The van der Waals surface area contributed by atoms with Gasteiger partial charge in [-0.15, -0.1) is 5.10 Å². The molecule has 7 heteroatoms. The fourth-order valence-corrected chi connectivity index (χ4v) is 3.00. The molecule has 0 saturated heterocycles. The Hall–Kier alpha value is -2.28. The van der Waals surface area contributed by atoms with E-state index < -0.39 is 0 Å². The number of rotatable bonds is 6. The first-order valence-electron chi connectivity index (χ1n) is 7.29. The first kappa shape index (κ1) is 14.6. The highest BCUT2D eigenvalue weighted by Crippen LogP contribution is 2.25. The lowest BCUT2D eigenvalue weighted by atomic mass is 10.2. The number of thiazole rings is 1. The number of unbranched alkanes of at least 4 members (excludes halogenated alkanes) is 1. The van der Waals surface area contributed by atoms with Gasteiger partial charge in [-0.1, -0.05) is 42.0 Å². The van der Waals surface area contributed by atoms with E-state index in [1.54, 1.807) is 4.68 Å². The van der Waals surface area contributed by atoms with Gasteiger partial charge in [-0.2, -0.15) is 0 Å². The largest absolute Gasteiger partial charge is 0.300 e. The molecule has 0 fully saturated rings. The SMILES string of the molecule is CCCCc1cn(CC(=O)Nc2nc3ccccc3s2)nn1. The van der Waals surface area contributed by atoms with E-state index >= 15 is 0 Å². The van der Waals surface area contributed by atoms with E-state index in [0.717, 1.165) is 35.2 Å². The van der Waals surface area contributed by atoms with Crippen molar-refractivity contribution in [1.82, 2.24) is 20.0 Å². The number of carbonyl (C=O) groups excluding carboxylic acids is 1. The molecule has 0 radical (unpaired) electrons. The van der Waals surface area contributed by atoms with Crippen molar-refractivity contribution < 1.29 is 4.79 Å². The van der Waals surface area contributed by atoms with Crippen LogP contribution in [0.5, 0.6) is 0 Å². The van der Waals surface area contributed by atoms with Crippen molar-refractivity contribution >= 4 is 32.6 Å². The zero-order chi connectivity index (χ0) is 15.4. The van der Waals surface area contributed by atoms with Gasteiger partial charge < -0.3 is 5.32 Å². The second-order valence-corrected chi connectivity index (χ2v) is 6.08. The van der Waals surface area contributed by atoms with Crippen molar-refractivity contribution in [2.75, 3.05) is 5.32 Å². The van der Waals surface area contributed by atoms with Crippen LogP contribution in [0.2, 0.25) is 0 Å². The third kappa shape index (κ3) is 3.48. The molecule has 0 aliphatic rings. The number of para-hydroxylation sites is 1. The maximum absolute atomic E-state index is 12.0. The number of nitrogens with zero attached hydrogens (tertiary/aromatic N) is 4. The Morgan fingerprint density at radius 3 is 3.05 bits per heavy atom. The second kappa shape index (κ2) is 6.65. The number of anilines is 1. The third-order valence-corrected chi connectivity index (χ3v) is 4.17. The molecule has 0 unspecified atom stereocenters. The summed E-state index contributed by atoms with van der Waals surface area (Å²) >= 11 is 1.46. The van der Waals surface area contributed by atoms with Crippen LogP contribution in [-0.4, -0.2) is 25.9 Å². The van der Waals surface area contributed by atoms with Crippen LogP contribution in [0.15, 0.2) is 30.5 Å². The van der Waals surface area contributed by atoms with Crippen LogP contribution in [-0.2, 0) is 17.8 Å². The van der Waals surface area contributed by atoms with E-state index in [0.29, 0.717) is 5.13 Å². The molecule has 1 amide bonds. The van der Waals surface area contributed by atoms with Gasteiger partial charge in [-0.05, 0) is 25.0 Å². The van der Waals surface area contributed by atoms with E-state index in [1.165, 1.54) is 11.3 Å². The Bertz CT molecular complexity index is 746. The Kier molecular flexibility index (Phi) is 4.43. The normalized spacial score (nSPS) is 11.0. The molecule has 22 heavy (non-hydrogen) atoms. The lowest BCUT2D eigenvalue weighted by Gasteiger charge is -2.00. The summed E-state index contributed by atoms with van der Waals surface area (Å²) in [6.45, 7) is 2.28. The summed E-state index contributed by atoms with van der Waals surface area (Å²) in [4.78, 5) is 16.4. The van der Waals surface area contributed by atoms with Crippen LogP contribution in [0.3, 0.4) is 0 Å². The van der Waals surface area contributed by atoms with Gasteiger partial charge in [0.1, 0.15) is 6.54 Å². The fourth-order valence-electron chi connectivity index (χ4n) is 2.12. The highest BCUT2D eigenvalue weighted by atomic mass is 32.1. The molecule has 0 aliphatic carbocycles. The molecular formula is C15H17N5OS. The summed E-state index contributed by atoms with van der Waals surface area (Å²) in [5.41, 5.74) is 1.82.